The molecule has 0 aliphatic heterocycles. The molecule has 0 bridgehead atoms. The lowest BCUT2D eigenvalue weighted by Crippen LogP contribution is -2.19. The van der Waals surface area contributed by atoms with Crippen molar-refractivity contribution >= 4 is 0 Å². The molecule has 1 rings (SSSR count). The predicted octanol–water partition coefficient (Wildman–Crippen LogP) is 2.81. The number of aliphatic hydroxyl groups excluding tert-OH is 1. The molecule has 1 aromatic rings. The molecule has 0 saturated heterocycles. The Morgan fingerprint density at radius 2 is 1.84 bits per heavy atom. The Morgan fingerprint density at radius 1 is 1.21 bits per heavy atom. The number of rotatable bonds is 8. The van der Waals surface area contributed by atoms with E-state index in [-0.39, 0.29) is 6.61 Å². The maximum atomic E-state index is 8.78. The van der Waals surface area contributed by atoms with Gasteiger partial charge in [0.1, 0.15) is 5.75 Å². The van der Waals surface area contributed by atoms with Gasteiger partial charge in [0.2, 0.25) is 0 Å². The second-order valence-corrected chi connectivity index (χ2v) is 5.51. The average molecular weight is 265 g/mol. The molecular weight excluding hydrogens is 238 g/mol. The molecule has 0 aliphatic rings. The van der Waals surface area contributed by atoms with Crippen LogP contribution < -0.4 is 10.1 Å². The zero-order valence-corrected chi connectivity index (χ0v) is 12.6. The van der Waals surface area contributed by atoms with E-state index < -0.39 is 0 Å². The van der Waals surface area contributed by atoms with Gasteiger partial charge in [-0.25, -0.2) is 0 Å². The maximum absolute atomic E-state index is 8.78. The number of nitrogens with one attached hydrogen (secondary N) is 1. The van der Waals surface area contributed by atoms with Crippen molar-refractivity contribution in [3.8, 4) is 5.75 Å². The zero-order chi connectivity index (χ0) is 14.3. The van der Waals surface area contributed by atoms with E-state index in [0.29, 0.717) is 18.9 Å². The zero-order valence-electron chi connectivity index (χ0n) is 12.6. The maximum Gasteiger partial charge on any atom is 0.125 e. The molecule has 0 aromatic heterocycles. The molecule has 0 spiro atoms. The third kappa shape index (κ3) is 5.62. The molecule has 0 radical (unpaired) electrons. The molecule has 0 atom stereocenters. The van der Waals surface area contributed by atoms with Crippen molar-refractivity contribution in [1.82, 2.24) is 5.32 Å². The molecule has 0 unspecified atom stereocenters. The van der Waals surface area contributed by atoms with Crippen LogP contribution in [0.1, 0.15) is 37.0 Å². The Morgan fingerprint density at radius 3 is 2.37 bits per heavy atom. The van der Waals surface area contributed by atoms with Crippen molar-refractivity contribution in [3.05, 3.63) is 28.8 Å². The lowest BCUT2D eigenvalue weighted by Gasteiger charge is -2.14. The quantitative estimate of drug-likeness (QED) is 0.710. The summed E-state index contributed by atoms with van der Waals surface area (Å²) < 4.78 is 5.73. The van der Waals surface area contributed by atoms with Gasteiger partial charge in [-0.15, -0.1) is 0 Å². The summed E-state index contributed by atoms with van der Waals surface area (Å²) in [7, 11) is 0. The topological polar surface area (TPSA) is 41.5 Å². The highest BCUT2D eigenvalue weighted by atomic mass is 16.5. The van der Waals surface area contributed by atoms with E-state index in [2.05, 4.69) is 45.1 Å². The van der Waals surface area contributed by atoms with Crippen molar-refractivity contribution in [3.63, 3.8) is 0 Å². The minimum atomic E-state index is 0.176. The molecule has 0 saturated carbocycles. The Balaban J connectivity index is 2.62. The first-order valence-corrected chi connectivity index (χ1v) is 7.09. The molecule has 3 heteroatoms. The van der Waals surface area contributed by atoms with Gasteiger partial charge in [0.25, 0.3) is 0 Å². The van der Waals surface area contributed by atoms with Crippen LogP contribution in [0, 0.1) is 19.8 Å². The van der Waals surface area contributed by atoms with Gasteiger partial charge in [-0.2, -0.15) is 0 Å². The van der Waals surface area contributed by atoms with Crippen LogP contribution >= 0.6 is 0 Å². The molecule has 2 N–H and O–H groups in total. The van der Waals surface area contributed by atoms with Gasteiger partial charge in [0, 0.05) is 19.6 Å². The third-order valence-electron chi connectivity index (χ3n) is 2.95. The van der Waals surface area contributed by atoms with E-state index in [9.17, 15) is 0 Å². The van der Waals surface area contributed by atoms with Crippen LogP contribution in [0.3, 0.4) is 0 Å². The van der Waals surface area contributed by atoms with Gasteiger partial charge < -0.3 is 15.2 Å². The van der Waals surface area contributed by atoms with Crippen LogP contribution in [-0.4, -0.2) is 24.9 Å². The van der Waals surface area contributed by atoms with E-state index in [1.165, 1.54) is 16.7 Å². The van der Waals surface area contributed by atoms with Gasteiger partial charge >= 0.3 is 0 Å². The van der Waals surface area contributed by atoms with Crippen molar-refractivity contribution in [2.45, 2.75) is 40.7 Å². The molecule has 0 amide bonds. The highest BCUT2D eigenvalue weighted by Crippen LogP contribution is 2.25. The van der Waals surface area contributed by atoms with Crippen LogP contribution in [0.5, 0.6) is 5.75 Å². The molecule has 0 heterocycles. The second-order valence-electron chi connectivity index (χ2n) is 5.51. The minimum Gasteiger partial charge on any atom is -0.493 e. The number of hydrogen-bond acceptors (Lipinski definition) is 3. The average Bonchev–Trinajstić information content (AvgIpc) is 2.32. The number of aryl methyl sites for hydroxylation is 2. The van der Waals surface area contributed by atoms with Crippen LogP contribution in [0.25, 0.3) is 0 Å². The van der Waals surface area contributed by atoms with E-state index in [4.69, 9.17) is 9.84 Å². The predicted molar refractivity (Wildman–Crippen MR) is 79.7 cm³/mol. The van der Waals surface area contributed by atoms with E-state index in [1.54, 1.807) is 0 Å². The first-order chi connectivity index (χ1) is 9.04. The monoisotopic (exact) mass is 265 g/mol. The second kappa shape index (κ2) is 8.18. The minimum absolute atomic E-state index is 0.176. The van der Waals surface area contributed by atoms with Gasteiger partial charge in [-0.1, -0.05) is 26.0 Å². The fourth-order valence-corrected chi connectivity index (χ4v) is 2.11. The summed E-state index contributed by atoms with van der Waals surface area (Å²) in [5.41, 5.74) is 3.63. The molecule has 1 aromatic carbocycles. The summed E-state index contributed by atoms with van der Waals surface area (Å²) in [6.07, 6.45) is 0.677. The first kappa shape index (κ1) is 16.0. The van der Waals surface area contributed by atoms with Crippen LogP contribution in [0.2, 0.25) is 0 Å². The highest BCUT2D eigenvalue weighted by Gasteiger charge is 2.06. The normalized spacial score (nSPS) is 11.1. The van der Waals surface area contributed by atoms with Gasteiger partial charge in [-0.3, -0.25) is 0 Å². The summed E-state index contributed by atoms with van der Waals surface area (Å²) >= 11 is 0. The lowest BCUT2D eigenvalue weighted by molar-refractivity contribution is 0.232. The standard InChI is InChI=1S/C16H27NO2/c1-12(2)10-17-11-15-8-13(3)16(14(4)9-15)19-7-5-6-18/h8-9,12,17-18H,5-7,10-11H2,1-4H3. The van der Waals surface area contributed by atoms with Crippen molar-refractivity contribution < 1.29 is 9.84 Å². The number of aliphatic hydroxyl groups is 1. The van der Waals surface area contributed by atoms with Crippen LogP contribution in [0.15, 0.2) is 12.1 Å². The molecular formula is C16H27NO2. The smallest absolute Gasteiger partial charge is 0.125 e. The van der Waals surface area contributed by atoms with Gasteiger partial charge in [0.05, 0.1) is 6.61 Å². The van der Waals surface area contributed by atoms with Crippen LogP contribution in [-0.2, 0) is 6.54 Å². The van der Waals surface area contributed by atoms with Gasteiger partial charge in [0.15, 0.2) is 0 Å². The van der Waals surface area contributed by atoms with Crippen molar-refractivity contribution in [2.24, 2.45) is 5.92 Å². The Kier molecular flexibility index (Phi) is 6.89. The first-order valence-electron chi connectivity index (χ1n) is 7.09. The third-order valence-corrected chi connectivity index (χ3v) is 2.95. The van der Waals surface area contributed by atoms with E-state index in [0.717, 1.165) is 18.8 Å². The van der Waals surface area contributed by atoms with Crippen LogP contribution in [0.4, 0.5) is 0 Å². The largest absolute Gasteiger partial charge is 0.493 e. The summed E-state index contributed by atoms with van der Waals surface area (Å²) in [6, 6.07) is 4.35. The summed E-state index contributed by atoms with van der Waals surface area (Å²) in [4.78, 5) is 0. The van der Waals surface area contributed by atoms with Gasteiger partial charge in [-0.05, 0) is 43.0 Å². The van der Waals surface area contributed by atoms with E-state index >= 15 is 0 Å². The molecule has 0 fully saturated rings. The Bertz CT molecular complexity index is 365. The number of benzene rings is 1. The molecule has 19 heavy (non-hydrogen) atoms. The van der Waals surface area contributed by atoms with Crippen molar-refractivity contribution in [1.29, 1.82) is 0 Å². The number of hydrogen-bond donors (Lipinski definition) is 2. The summed E-state index contributed by atoms with van der Waals surface area (Å²) in [6.45, 7) is 11.3. The SMILES string of the molecule is Cc1cc(CNCC(C)C)cc(C)c1OCCCO. The Hall–Kier alpha value is -1.06. The van der Waals surface area contributed by atoms with Crippen molar-refractivity contribution in [2.75, 3.05) is 19.8 Å². The molecule has 0 aliphatic carbocycles. The molecule has 3 nitrogen and oxygen atoms in total. The Labute approximate surface area is 117 Å². The summed E-state index contributed by atoms with van der Waals surface area (Å²) in [5.74, 6) is 1.63. The molecule has 108 valence electrons. The fourth-order valence-electron chi connectivity index (χ4n) is 2.11. The fraction of sp³-hybridized carbons (Fsp3) is 0.625. The summed E-state index contributed by atoms with van der Waals surface area (Å²) in [5, 5.41) is 12.2. The van der Waals surface area contributed by atoms with E-state index in [1.807, 2.05) is 0 Å². The number of ether oxygens (including phenoxy) is 1. The lowest BCUT2D eigenvalue weighted by atomic mass is 10.1. The highest BCUT2D eigenvalue weighted by molar-refractivity contribution is 5.43.